The van der Waals surface area contributed by atoms with Gasteiger partial charge in [0.05, 0.1) is 33.7 Å². The molecular formula is C31H33N3O10. The van der Waals surface area contributed by atoms with Crippen LogP contribution in [0.5, 0.6) is 0 Å². The van der Waals surface area contributed by atoms with Crippen LogP contribution < -0.4 is 10.6 Å². The summed E-state index contributed by atoms with van der Waals surface area (Å²) in [6, 6.07) is 11.7. The van der Waals surface area contributed by atoms with Crippen molar-refractivity contribution in [1.82, 2.24) is 5.32 Å². The number of non-ortho nitro benzene ring substituents is 1. The third-order valence-corrected chi connectivity index (χ3v) is 7.03. The van der Waals surface area contributed by atoms with Crippen molar-refractivity contribution in [1.29, 1.82) is 0 Å². The highest BCUT2D eigenvalue weighted by atomic mass is 16.6. The van der Waals surface area contributed by atoms with Gasteiger partial charge in [0.25, 0.3) is 5.69 Å². The Hall–Kier alpha value is -5.04. The molecule has 2 aliphatic rings. The number of esters is 3. The Labute approximate surface area is 253 Å². The van der Waals surface area contributed by atoms with E-state index in [4.69, 9.17) is 18.9 Å². The molecular weight excluding hydrogens is 574 g/mol. The molecule has 2 N–H and O–H groups in total. The van der Waals surface area contributed by atoms with Gasteiger partial charge in [-0.15, -0.1) is 0 Å². The topological polar surface area (TPSA) is 172 Å². The lowest BCUT2D eigenvalue weighted by Gasteiger charge is -2.30. The van der Waals surface area contributed by atoms with E-state index in [1.807, 2.05) is 0 Å². The zero-order valence-corrected chi connectivity index (χ0v) is 24.5. The van der Waals surface area contributed by atoms with E-state index in [1.165, 1.54) is 37.3 Å². The number of hydrogen-bond acceptors (Lipinski definition) is 11. The fraction of sp³-hybridized carbons (Fsp3) is 0.355. The number of nitro benzene ring substituents is 1. The van der Waals surface area contributed by atoms with Crippen LogP contribution in [0.25, 0.3) is 0 Å². The maximum atomic E-state index is 13.5. The summed E-state index contributed by atoms with van der Waals surface area (Å²) >= 11 is 0. The van der Waals surface area contributed by atoms with E-state index in [1.54, 1.807) is 32.0 Å². The van der Waals surface area contributed by atoms with Crippen molar-refractivity contribution in [2.45, 2.75) is 45.6 Å². The minimum Gasteiger partial charge on any atom is -0.459 e. The van der Waals surface area contributed by atoms with Crippen LogP contribution in [0.3, 0.4) is 0 Å². The molecule has 232 valence electrons. The van der Waals surface area contributed by atoms with E-state index in [2.05, 4.69) is 10.6 Å². The number of carbonyl (C=O) groups excluding carboxylic acids is 4. The van der Waals surface area contributed by atoms with Gasteiger partial charge in [0.15, 0.2) is 0 Å². The number of dihydropyridines is 1. The second-order valence-corrected chi connectivity index (χ2v) is 10.3. The van der Waals surface area contributed by atoms with E-state index in [-0.39, 0.29) is 54.2 Å². The molecule has 13 nitrogen and oxygen atoms in total. The second-order valence-electron chi connectivity index (χ2n) is 10.3. The molecule has 2 atom stereocenters. The van der Waals surface area contributed by atoms with E-state index in [9.17, 15) is 29.3 Å². The number of rotatable bonds is 11. The van der Waals surface area contributed by atoms with Crippen LogP contribution in [0, 0.1) is 10.1 Å². The van der Waals surface area contributed by atoms with Crippen LogP contribution in [0.2, 0.25) is 0 Å². The third-order valence-electron chi connectivity index (χ3n) is 7.03. The van der Waals surface area contributed by atoms with Gasteiger partial charge in [0.1, 0.15) is 19.8 Å². The summed E-state index contributed by atoms with van der Waals surface area (Å²) in [5.74, 6) is -3.45. The lowest BCUT2D eigenvalue weighted by molar-refractivity contribution is -0.384. The van der Waals surface area contributed by atoms with Gasteiger partial charge >= 0.3 is 17.9 Å². The zero-order valence-electron chi connectivity index (χ0n) is 24.5. The SMILES string of the molecule is CC(=O)Nc1ccc(C(=O)OCCOC(=O)C2=C(C)NC(C)=C(C(=O)OCC3CCCO3)C2c2cccc([N+](=O)[O-])c2)cc1. The average Bonchev–Trinajstić information content (AvgIpc) is 3.51. The predicted molar refractivity (Wildman–Crippen MR) is 156 cm³/mol. The van der Waals surface area contributed by atoms with E-state index in [0.717, 1.165) is 12.8 Å². The first-order valence-electron chi connectivity index (χ1n) is 14.0. The standard InChI is InChI=1S/C31H33N3O10/c1-18-26(30(37)43-15-14-42-29(36)21-9-11-23(12-10-21)33-20(3)35)28(22-6-4-7-24(16-22)34(39)40)27(19(2)32-18)31(38)44-17-25-8-5-13-41-25/h4,6-7,9-12,16,25,28,32H,5,8,13-15,17H2,1-3H3,(H,33,35). The Kier molecular flexibility index (Phi) is 10.5. The molecule has 0 bridgehead atoms. The van der Waals surface area contributed by atoms with Gasteiger partial charge in [-0.1, -0.05) is 12.1 Å². The first-order chi connectivity index (χ1) is 21.0. The van der Waals surface area contributed by atoms with Crippen molar-refractivity contribution in [3.8, 4) is 0 Å². The number of nitrogens with zero attached hydrogens (tertiary/aromatic N) is 1. The van der Waals surface area contributed by atoms with Crippen LogP contribution in [0.15, 0.2) is 71.1 Å². The molecule has 1 fully saturated rings. The highest BCUT2D eigenvalue weighted by molar-refractivity contribution is 6.00. The Balaban J connectivity index is 1.49. The number of ether oxygens (including phenoxy) is 4. The zero-order chi connectivity index (χ0) is 31.8. The fourth-order valence-electron chi connectivity index (χ4n) is 5.03. The summed E-state index contributed by atoms with van der Waals surface area (Å²) in [5.41, 5.74) is 1.83. The number of amides is 1. The number of allylic oxidation sites excluding steroid dienone is 2. The van der Waals surface area contributed by atoms with Crippen LogP contribution in [0.1, 0.15) is 55.5 Å². The van der Waals surface area contributed by atoms with E-state index >= 15 is 0 Å². The smallest absolute Gasteiger partial charge is 0.338 e. The minimum atomic E-state index is -1.04. The molecule has 0 aliphatic carbocycles. The quantitative estimate of drug-likeness (QED) is 0.125. The molecule has 2 aliphatic heterocycles. The molecule has 2 aromatic rings. The molecule has 2 aromatic carbocycles. The minimum absolute atomic E-state index is 0.0289. The van der Waals surface area contributed by atoms with Crippen molar-refractivity contribution in [3.63, 3.8) is 0 Å². The molecule has 44 heavy (non-hydrogen) atoms. The van der Waals surface area contributed by atoms with Crippen molar-refractivity contribution in [2.24, 2.45) is 0 Å². The maximum Gasteiger partial charge on any atom is 0.338 e. The number of carbonyl (C=O) groups is 4. The summed E-state index contributed by atoms with van der Waals surface area (Å²) in [6.45, 7) is 4.71. The molecule has 2 unspecified atom stereocenters. The predicted octanol–water partition coefficient (Wildman–Crippen LogP) is 3.91. The van der Waals surface area contributed by atoms with E-state index < -0.39 is 28.7 Å². The molecule has 4 rings (SSSR count). The van der Waals surface area contributed by atoms with Crippen molar-refractivity contribution in [3.05, 3.63) is 92.3 Å². The van der Waals surface area contributed by atoms with Gasteiger partial charge in [0.2, 0.25) is 5.91 Å². The summed E-state index contributed by atoms with van der Waals surface area (Å²) in [5, 5.41) is 17.2. The Bertz CT molecular complexity index is 1510. The van der Waals surface area contributed by atoms with Gasteiger partial charge in [0, 0.05) is 42.7 Å². The first-order valence-corrected chi connectivity index (χ1v) is 14.0. The lowest BCUT2D eigenvalue weighted by Crippen LogP contribution is -2.33. The van der Waals surface area contributed by atoms with Crippen LogP contribution in [0.4, 0.5) is 11.4 Å². The highest BCUT2D eigenvalue weighted by Gasteiger charge is 2.39. The maximum absolute atomic E-state index is 13.5. The normalized spacial score (nSPS) is 17.9. The largest absolute Gasteiger partial charge is 0.459 e. The van der Waals surface area contributed by atoms with Crippen molar-refractivity contribution >= 4 is 35.2 Å². The third kappa shape index (κ3) is 7.86. The average molecular weight is 608 g/mol. The van der Waals surface area contributed by atoms with Gasteiger partial charge in [-0.3, -0.25) is 14.9 Å². The monoisotopic (exact) mass is 607 g/mol. The van der Waals surface area contributed by atoms with Gasteiger partial charge in [-0.2, -0.15) is 0 Å². The number of anilines is 1. The molecule has 1 saturated heterocycles. The van der Waals surface area contributed by atoms with E-state index in [0.29, 0.717) is 29.3 Å². The molecule has 0 saturated carbocycles. The Morgan fingerprint density at radius 3 is 2.18 bits per heavy atom. The number of hydrogen-bond donors (Lipinski definition) is 2. The highest BCUT2D eigenvalue weighted by Crippen LogP contribution is 2.40. The molecule has 13 heteroatoms. The van der Waals surface area contributed by atoms with Crippen LogP contribution >= 0.6 is 0 Å². The summed E-state index contributed by atoms with van der Waals surface area (Å²) in [7, 11) is 0. The summed E-state index contributed by atoms with van der Waals surface area (Å²) in [6.07, 6.45) is 1.38. The number of nitrogens with one attached hydrogen (secondary N) is 2. The lowest BCUT2D eigenvalue weighted by atomic mass is 9.80. The summed E-state index contributed by atoms with van der Waals surface area (Å²) < 4.78 is 21.8. The Morgan fingerprint density at radius 1 is 0.955 bits per heavy atom. The molecule has 0 aromatic heterocycles. The Morgan fingerprint density at radius 2 is 1.59 bits per heavy atom. The van der Waals surface area contributed by atoms with Gasteiger partial charge < -0.3 is 29.6 Å². The molecule has 0 radical (unpaired) electrons. The second kappa shape index (κ2) is 14.4. The number of nitro groups is 1. The van der Waals surface area contributed by atoms with Crippen molar-refractivity contribution < 1.29 is 43.0 Å². The van der Waals surface area contributed by atoms with Crippen LogP contribution in [-0.4, -0.2) is 61.3 Å². The van der Waals surface area contributed by atoms with Crippen molar-refractivity contribution in [2.75, 3.05) is 31.7 Å². The van der Waals surface area contributed by atoms with Gasteiger partial charge in [-0.25, -0.2) is 14.4 Å². The molecule has 2 heterocycles. The van der Waals surface area contributed by atoms with Crippen LogP contribution in [-0.2, 0) is 33.3 Å². The van der Waals surface area contributed by atoms with Gasteiger partial charge in [-0.05, 0) is 56.5 Å². The summed E-state index contributed by atoms with van der Waals surface area (Å²) in [4.78, 5) is 61.5. The number of benzene rings is 2. The molecule has 1 amide bonds. The first kappa shape index (κ1) is 31.9. The molecule has 0 spiro atoms. The fourth-order valence-corrected chi connectivity index (χ4v) is 5.03.